The molecule has 2 aromatic rings. The van der Waals surface area contributed by atoms with E-state index >= 15 is 0 Å². The maximum Gasteiger partial charge on any atom is 0.322 e. The minimum atomic E-state index is -4.12. The van der Waals surface area contributed by atoms with E-state index in [4.69, 9.17) is 0 Å². The van der Waals surface area contributed by atoms with Crippen molar-refractivity contribution in [2.75, 3.05) is 4.72 Å². The molecule has 0 bridgehead atoms. The first kappa shape index (κ1) is 17.8. The number of anilines is 1. The first-order valence-corrected chi connectivity index (χ1v) is 8.82. The lowest BCUT2D eigenvalue weighted by Crippen LogP contribution is -2.40. The molecule has 1 aliphatic rings. The molecule has 136 valence electrons. The zero-order valence-electron chi connectivity index (χ0n) is 13.3. The van der Waals surface area contributed by atoms with E-state index in [0.717, 1.165) is 12.1 Å². The Bertz CT molecular complexity index is 1010. The summed E-state index contributed by atoms with van der Waals surface area (Å²) in [6.45, 7) is 1.51. The van der Waals surface area contributed by atoms with Crippen molar-refractivity contribution in [1.29, 1.82) is 0 Å². The number of halogens is 2. The SMILES string of the molecule is C[C@@]1(c2ccc(NS(=O)(=O)c3ccc(F)c(F)c3)cc2)NC(=O)NC1=O. The summed E-state index contributed by atoms with van der Waals surface area (Å²) >= 11 is 0. The van der Waals surface area contributed by atoms with Crippen molar-refractivity contribution in [3.8, 4) is 0 Å². The number of sulfonamides is 1. The van der Waals surface area contributed by atoms with Gasteiger partial charge in [-0.2, -0.15) is 0 Å². The van der Waals surface area contributed by atoms with Crippen LogP contribution in [0.5, 0.6) is 0 Å². The summed E-state index contributed by atoms with van der Waals surface area (Å²) < 4.78 is 52.9. The third-order valence-corrected chi connectivity index (χ3v) is 5.34. The predicted molar refractivity (Wildman–Crippen MR) is 87.6 cm³/mol. The van der Waals surface area contributed by atoms with Gasteiger partial charge in [0, 0.05) is 5.69 Å². The predicted octanol–water partition coefficient (Wildman–Crippen LogP) is 1.82. The Morgan fingerprint density at radius 3 is 2.19 bits per heavy atom. The van der Waals surface area contributed by atoms with Crippen LogP contribution >= 0.6 is 0 Å². The van der Waals surface area contributed by atoms with Crippen LogP contribution in [0.15, 0.2) is 47.4 Å². The van der Waals surface area contributed by atoms with Gasteiger partial charge in [-0.15, -0.1) is 0 Å². The molecule has 0 spiro atoms. The van der Waals surface area contributed by atoms with Gasteiger partial charge < -0.3 is 5.32 Å². The third kappa shape index (κ3) is 3.10. The highest BCUT2D eigenvalue weighted by atomic mass is 32.2. The summed E-state index contributed by atoms with van der Waals surface area (Å²) in [5.74, 6) is -2.96. The van der Waals surface area contributed by atoms with Crippen LogP contribution in [0.2, 0.25) is 0 Å². The van der Waals surface area contributed by atoms with Gasteiger partial charge in [0.2, 0.25) is 0 Å². The van der Waals surface area contributed by atoms with Gasteiger partial charge in [0.15, 0.2) is 11.6 Å². The Morgan fingerprint density at radius 2 is 1.65 bits per heavy atom. The fraction of sp³-hybridized carbons (Fsp3) is 0.125. The van der Waals surface area contributed by atoms with E-state index in [0.29, 0.717) is 11.6 Å². The first-order valence-electron chi connectivity index (χ1n) is 7.34. The quantitative estimate of drug-likeness (QED) is 0.703. The van der Waals surface area contributed by atoms with Crippen molar-refractivity contribution in [3.63, 3.8) is 0 Å². The number of hydrogen-bond donors (Lipinski definition) is 3. The second kappa shape index (κ2) is 6.06. The minimum Gasteiger partial charge on any atom is -0.320 e. The minimum absolute atomic E-state index is 0.145. The zero-order valence-corrected chi connectivity index (χ0v) is 14.2. The van der Waals surface area contributed by atoms with Gasteiger partial charge in [0.05, 0.1) is 4.90 Å². The van der Waals surface area contributed by atoms with Gasteiger partial charge in [0.1, 0.15) is 5.54 Å². The Kier molecular flexibility index (Phi) is 4.15. The Balaban J connectivity index is 1.84. The van der Waals surface area contributed by atoms with Crippen LogP contribution < -0.4 is 15.4 Å². The Hall–Kier alpha value is -3.01. The number of hydrogen-bond acceptors (Lipinski definition) is 4. The average molecular weight is 381 g/mol. The topological polar surface area (TPSA) is 104 Å². The maximum atomic E-state index is 13.2. The number of rotatable bonds is 4. The number of carbonyl (C=O) groups is 2. The lowest BCUT2D eigenvalue weighted by Gasteiger charge is -2.21. The molecular weight excluding hydrogens is 368 g/mol. The van der Waals surface area contributed by atoms with E-state index in [9.17, 15) is 26.8 Å². The van der Waals surface area contributed by atoms with Crippen molar-refractivity contribution < 1.29 is 26.8 Å². The standard InChI is InChI=1S/C16H13F2N3O4S/c1-16(14(22)19-15(23)20-16)9-2-4-10(5-3-9)21-26(24,25)11-6-7-12(17)13(18)8-11/h2-8,21H,1H3,(H2,19,20,22,23)/t16-/m0/s1. The van der Waals surface area contributed by atoms with Crippen LogP contribution in [-0.4, -0.2) is 20.4 Å². The molecule has 3 amide bonds. The van der Waals surface area contributed by atoms with Crippen LogP contribution in [0.4, 0.5) is 19.3 Å². The number of carbonyl (C=O) groups excluding carboxylic acids is 2. The van der Waals surface area contributed by atoms with E-state index in [1.807, 2.05) is 0 Å². The molecule has 1 fully saturated rings. The lowest BCUT2D eigenvalue weighted by atomic mass is 9.92. The molecule has 1 aliphatic heterocycles. The molecule has 2 aromatic carbocycles. The van der Waals surface area contributed by atoms with Gasteiger partial charge in [0.25, 0.3) is 15.9 Å². The molecule has 0 radical (unpaired) electrons. The second-order valence-corrected chi connectivity index (χ2v) is 7.47. The fourth-order valence-electron chi connectivity index (χ4n) is 2.48. The first-order chi connectivity index (χ1) is 12.1. The highest BCUT2D eigenvalue weighted by molar-refractivity contribution is 7.92. The van der Waals surface area contributed by atoms with Crippen LogP contribution in [0.25, 0.3) is 0 Å². The van der Waals surface area contributed by atoms with Gasteiger partial charge in [-0.25, -0.2) is 22.0 Å². The zero-order chi connectivity index (χ0) is 19.1. The summed E-state index contributed by atoms with van der Waals surface area (Å²) in [6, 6.07) is 7.31. The summed E-state index contributed by atoms with van der Waals surface area (Å²) in [5, 5.41) is 4.61. The Morgan fingerprint density at radius 1 is 1.00 bits per heavy atom. The highest BCUT2D eigenvalue weighted by Gasteiger charge is 2.43. The van der Waals surface area contributed by atoms with Gasteiger partial charge in [-0.05, 0) is 42.8 Å². The van der Waals surface area contributed by atoms with Crippen LogP contribution in [0.3, 0.4) is 0 Å². The molecule has 7 nitrogen and oxygen atoms in total. The van der Waals surface area contributed by atoms with E-state index < -0.39 is 44.0 Å². The van der Waals surface area contributed by atoms with E-state index in [-0.39, 0.29) is 5.69 Å². The number of nitrogens with one attached hydrogen (secondary N) is 3. The van der Waals surface area contributed by atoms with Crippen LogP contribution in [-0.2, 0) is 20.4 Å². The molecule has 0 aromatic heterocycles. The molecule has 0 unspecified atom stereocenters. The monoisotopic (exact) mass is 381 g/mol. The molecular formula is C16H13F2N3O4S. The molecule has 1 atom stereocenters. The summed E-state index contributed by atoms with van der Waals surface area (Å²) in [6.07, 6.45) is 0. The van der Waals surface area contributed by atoms with E-state index in [2.05, 4.69) is 15.4 Å². The molecule has 1 heterocycles. The smallest absolute Gasteiger partial charge is 0.320 e. The molecule has 26 heavy (non-hydrogen) atoms. The van der Waals surface area contributed by atoms with Crippen LogP contribution in [0, 0.1) is 11.6 Å². The largest absolute Gasteiger partial charge is 0.322 e. The summed E-state index contributed by atoms with van der Waals surface area (Å²) in [5.41, 5.74) is -0.683. The average Bonchev–Trinajstić information content (AvgIpc) is 2.83. The number of urea groups is 1. The number of benzene rings is 2. The number of amides is 3. The van der Waals surface area contributed by atoms with Crippen molar-refractivity contribution in [2.24, 2.45) is 0 Å². The maximum absolute atomic E-state index is 13.2. The normalized spacial score (nSPS) is 19.8. The fourth-order valence-corrected chi connectivity index (χ4v) is 3.55. The number of imide groups is 1. The van der Waals surface area contributed by atoms with Crippen LogP contribution in [0.1, 0.15) is 12.5 Å². The second-order valence-electron chi connectivity index (χ2n) is 5.79. The molecule has 3 rings (SSSR count). The van der Waals surface area contributed by atoms with Crippen molar-refractivity contribution >= 4 is 27.6 Å². The van der Waals surface area contributed by atoms with E-state index in [1.54, 1.807) is 0 Å². The summed E-state index contributed by atoms with van der Waals surface area (Å²) in [7, 11) is -4.12. The molecule has 10 heteroatoms. The molecule has 3 N–H and O–H groups in total. The molecule has 0 saturated carbocycles. The van der Waals surface area contributed by atoms with Gasteiger partial charge in [-0.3, -0.25) is 14.8 Å². The highest BCUT2D eigenvalue weighted by Crippen LogP contribution is 2.26. The van der Waals surface area contributed by atoms with Gasteiger partial charge in [-0.1, -0.05) is 12.1 Å². The van der Waals surface area contributed by atoms with E-state index in [1.165, 1.54) is 31.2 Å². The lowest BCUT2D eigenvalue weighted by molar-refractivity contribution is -0.123. The molecule has 0 aliphatic carbocycles. The van der Waals surface area contributed by atoms with Crippen molar-refractivity contribution in [3.05, 3.63) is 59.7 Å². The molecule has 1 saturated heterocycles. The van der Waals surface area contributed by atoms with Crippen molar-refractivity contribution in [1.82, 2.24) is 10.6 Å². The van der Waals surface area contributed by atoms with Gasteiger partial charge >= 0.3 is 6.03 Å². The van der Waals surface area contributed by atoms with Crippen molar-refractivity contribution in [2.45, 2.75) is 17.4 Å². The summed E-state index contributed by atoms with van der Waals surface area (Å²) in [4.78, 5) is 22.8. The third-order valence-electron chi connectivity index (χ3n) is 3.96. The Labute approximate surface area is 147 Å².